The van der Waals surface area contributed by atoms with Crippen molar-refractivity contribution in [2.45, 2.75) is 38.8 Å². The number of amides is 1. The van der Waals surface area contributed by atoms with Crippen LogP contribution in [0.15, 0.2) is 18.2 Å². The van der Waals surface area contributed by atoms with Gasteiger partial charge in [0.15, 0.2) is 0 Å². The fourth-order valence-electron chi connectivity index (χ4n) is 3.59. The molecule has 1 N–H and O–H groups in total. The van der Waals surface area contributed by atoms with Crippen LogP contribution in [0, 0.1) is 0 Å². The van der Waals surface area contributed by atoms with Gasteiger partial charge in [0.2, 0.25) is 5.91 Å². The summed E-state index contributed by atoms with van der Waals surface area (Å²) >= 11 is 6.11. The monoisotopic (exact) mass is 365 g/mol. The zero-order valence-electron chi connectivity index (χ0n) is 15.0. The lowest BCUT2D eigenvalue weighted by Gasteiger charge is -2.21. The van der Waals surface area contributed by atoms with Crippen molar-refractivity contribution in [2.24, 2.45) is 0 Å². The average molecular weight is 366 g/mol. The van der Waals surface area contributed by atoms with Crippen LogP contribution in [0.3, 0.4) is 0 Å². The van der Waals surface area contributed by atoms with Crippen LogP contribution in [0.2, 0.25) is 5.02 Å². The van der Waals surface area contributed by atoms with E-state index in [-0.39, 0.29) is 12.0 Å². The third kappa shape index (κ3) is 5.59. The van der Waals surface area contributed by atoms with Gasteiger partial charge >= 0.3 is 0 Å². The zero-order valence-corrected chi connectivity index (χ0v) is 15.7. The summed E-state index contributed by atoms with van der Waals surface area (Å²) in [6, 6.07) is 5.75. The van der Waals surface area contributed by atoms with E-state index in [4.69, 9.17) is 16.3 Å². The van der Waals surface area contributed by atoms with Crippen LogP contribution in [-0.4, -0.2) is 61.1 Å². The number of nitrogens with one attached hydrogen (secondary N) is 1. The van der Waals surface area contributed by atoms with Gasteiger partial charge < -0.3 is 15.0 Å². The Hall–Kier alpha value is -1.30. The first kappa shape index (κ1) is 18.5. The molecule has 2 aliphatic heterocycles. The molecule has 6 heteroatoms. The van der Waals surface area contributed by atoms with Gasteiger partial charge in [-0.25, -0.2) is 0 Å². The quantitative estimate of drug-likeness (QED) is 0.841. The molecule has 1 atom stereocenters. The van der Waals surface area contributed by atoms with E-state index < -0.39 is 0 Å². The Kier molecular flexibility index (Phi) is 6.57. The number of fused-ring (bicyclic) bond motifs is 1. The van der Waals surface area contributed by atoms with Crippen LogP contribution < -0.4 is 10.1 Å². The van der Waals surface area contributed by atoms with E-state index in [1.807, 2.05) is 18.2 Å². The molecule has 5 nitrogen and oxygen atoms in total. The second kappa shape index (κ2) is 8.88. The van der Waals surface area contributed by atoms with Gasteiger partial charge in [-0.2, -0.15) is 0 Å². The number of hydrogen-bond acceptors (Lipinski definition) is 4. The van der Waals surface area contributed by atoms with Crippen LogP contribution in [0.25, 0.3) is 0 Å². The minimum absolute atomic E-state index is 0.0978. The van der Waals surface area contributed by atoms with Crippen LogP contribution in [-0.2, 0) is 11.3 Å². The molecule has 1 saturated heterocycles. The average Bonchev–Trinajstić information content (AvgIpc) is 3.03. The van der Waals surface area contributed by atoms with Gasteiger partial charge in [0.1, 0.15) is 11.9 Å². The first-order valence-electron chi connectivity index (χ1n) is 9.26. The Labute approximate surface area is 155 Å². The van der Waals surface area contributed by atoms with Crippen LogP contribution >= 0.6 is 11.6 Å². The molecule has 0 saturated carbocycles. The maximum Gasteiger partial charge on any atom is 0.221 e. The smallest absolute Gasteiger partial charge is 0.221 e. The highest BCUT2D eigenvalue weighted by Gasteiger charge is 2.21. The number of carbonyl (C=O) groups is 1. The van der Waals surface area contributed by atoms with Gasteiger partial charge in [0.25, 0.3) is 0 Å². The Bertz CT molecular complexity index is 590. The number of likely N-dealkylation sites (tertiary alicyclic amines) is 1. The molecule has 0 spiro atoms. The van der Waals surface area contributed by atoms with Crippen molar-refractivity contribution < 1.29 is 9.53 Å². The number of hydrogen-bond donors (Lipinski definition) is 1. The van der Waals surface area contributed by atoms with E-state index in [1.54, 1.807) is 0 Å². The maximum atomic E-state index is 12.1. The van der Waals surface area contributed by atoms with E-state index in [0.29, 0.717) is 6.42 Å². The Balaban J connectivity index is 1.44. The summed E-state index contributed by atoms with van der Waals surface area (Å²) in [4.78, 5) is 16.8. The van der Waals surface area contributed by atoms with Gasteiger partial charge in [-0.3, -0.25) is 9.69 Å². The van der Waals surface area contributed by atoms with E-state index >= 15 is 0 Å². The molecule has 1 aromatic rings. The third-order valence-electron chi connectivity index (χ3n) is 4.86. The molecule has 0 aliphatic carbocycles. The summed E-state index contributed by atoms with van der Waals surface area (Å²) < 4.78 is 5.96. The first-order chi connectivity index (χ1) is 12.1. The molecule has 2 heterocycles. The maximum absolute atomic E-state index is 12.1. The second-order valence-electron chi connectivity index (χ2n) is 7.06. The molecule has 138 valence electrons. The molecule has 1 aromatic carbocycles. The molecule has 0 bridgehead atoms. The molecular formula is C19H28ClN3O2. The highest BCUT2D eigenvalue weighted by molar-refractivity contribution is 6.30. The van der Waals surface area contributed by atoms with Crippen LogP contribution in [0.1, 0.15) is 31.7 Å². The lowest BCUT2D eigenvalue weighted by Crippen LogP contribution is -2.37. The van der Waals surface area contributed by atoms with Crippen molar-refractivity contribution in [3.63, 3.8) is 0 Å². The number of halogens is 1. The fraction of sp³-hybridized carbons (Fsp3) is 0.632. The number of benzene rings is 1. The summed E-state index contributed by atoms with van der Waals surface area (Å²) in [7, 11) is 0. The summed E-state index contributed by atoms with van der Waals surface area (Å²) in [5, 5.41) is 3.76. The SMILES string of the molecule is CC1CN(CCC(=O)NCCN2CCCC2)Cc2cc(Cl)ccc2O1. The van der Waals surface area contributed by atoms with Crippen molar-refractivity contribution in [1.29, 1.82) is 0 Å². The first-order valence-corrected chi connectivity index (χ1v) is 9.64. The number of ether oxygens (including phenoxy) is 1. The van der Waals surface area contributed by atoms with Gasteiger partial charge in [-0.15, -0.1) is 0 Å². The van der Waals surface area contributed by atoms with Crippen molar-refractivity contribution in [3.8, 4) is 5.75 Å². The normalized spacial score (nSPS) is 21.4. The zero-order chi connectivity index (χ0) is 17.6. The van der Waals surface area contributed by atoms with Gasteiger partial charge in [-0.05, 0) is 51.1 Å². The third-order valence-corrected chi connectivity index (χ3v) is 5.10. The largest absolute Gasteiger partial charge is 0.489 e. The second-order valence-corrected chi connectivity index (χ2v) is 7.50. The Morgan fingerprint density at radius 2 is 2.08 bits per heavy atom. The Morgan fingerprint density at radius 1 is 1.28 bits per heavy atom. The van der Waals surface area contributed by atoms with E-state index in [2.05, 4.69) is 22.0 Å². The van der Waals surface area contributed by atoms with Crippen molar-refractivity contribution in [3.05, 3.63) is 28.8 Å². The van der Waals surface area contributed by atoms with E-state index in [1.165, 1.54) is 25.9 Å². The van der Waals surface area contributed by atoms with E-state index in [0.717, 1.165) is 49.1 Å². The minimum Gasteiger partial charge on any atom is -0.489 e. The number of carbonyl (C=O) groups excluding carboxylic acids is 1. The summed E-state index contributed by atoms with van der Waals surface area (Å²) in [6.45, 7) is 8.42. The number of rotatable bonds is 6. The summed E-state index contributed by atoms with van der Waals surface area (Å²) in [5.74, 6) is 1.03. The lowest BCUT2D eigenvalue weighted by atomic mass is 10.2. The standard InChI is InChI=1S/C19H28ClN3O2/c1-15-13-23(14-16-12-17(20)4-5-18(16)25-15)10-6-19(24)21-7-11-22-8-2-3-9-22/h4-5,12,15H,2-3,6-11,13-14H2,1H3,(H,21,24). The summed E-state index contributed by atoms with van der Waals surface area (Å²) in [5.41, 5.74) is 1.09. The van der Waals surface area contributed by atoms with Gasteiger partial charge in [0, 0.05) is 49.7 Å². The predicted octanol–water partition coefficient (Wildman–Crippen LogP) is 2.53. The molecule has 3 rings (SSSR count). The van der Waals surface area contributed by atoms with Crippen LogP contribution in [0.4, 0.5) is 0 Å². The topological polar surface area (TPSA) is 44.8 Å². The molecule has 0 radical (unpaired) electrons. The van der Waals surface area contributed by atoms with Gasteiger partial charge in [-0.1, -0.05) is 11.6 Å². The predicted molar refractivity (Wildman–Crippen MR) is 100 cm³/mol. The lowest BCUT2D eigenvalue weighted by molar-refractivity contribution is -0.121. The van der Waals surface area contributed by atoms with Crippen LogP contribution in [0.5, 0.6) is 5.75 Å². The molecule has 25 heavy (non-hydrogen) atoms. The van der Waals surface area contributed by atoms with E-state index in [9.17, 15) is 4.79 Å². The van der Waals surface area contributed by atoms with Crippen molar-refractivity contribution >= 4 is 17.5 Å². The van der Waals surface area contributed by atoms with Crippen molar-refractivity contribution in [1.82, 2.24) is 15.1 Å². The molecular weight excluding hydrogens is 338 g/mol. The highest BCUT2D eigenvalue weighted by atomic mass is 35.5. The minimum atomic E-state index is 0.0978. The Morgan fingerprint density at radius 3 is 2.88 bits per heavy atom. The summed E-state index contributed by atoms with van der Waals surface area (Å²) in [6.07, 6.45) is 3.19. The molecule has 0 aromatic heterocycles. The number of nitrogens with zero attached hydrogens (tertiary/aromatic N) is 2. The molecule has 1 amide bonds. The highest BCUT2D eigenvalue weighted by Crippen LogP contribution is 2.28. The molecule has 2 aliphatic rings. The fourth-order valence-corrected chi connectivity index (χ4v) is 3.78. The molecule has 1 fully saturated rings. The van der Waals surface area contributed by atoms with Gasteiger partial charge in [0.05, 0.1) is 0 Å². The van der Waals surface area contributed by atoms with Crippen molar-refractivity contribution in [2.75, 3.05) is 39.3 Å². The molecule has 1 unspecified atom stereocenters.